The van der Waals surface area contributed by atoms with Crippen molar-refractivity contribution in [3.63, 3.8) is 0 Å². The molecular weight excluding hydrogens is 213 g/mol. The molecule has 0 unspecified atom stereocenters. The fourth-order valence-electron chi connectivity index (χ4n) is 1.63. The number of hydrogen-bond donors (Lipinski definition) is 0. The summed E-state index contributed by atoms with van der Waals surface area (Å²) in [7, 11) is 0. The summed E-state index contributed by atoms with van der Waals surface area (Å²) in [5.74, 6) is -0.103. The first-order chi connectivity index (χ1) is 6.34. The van der Waals surface area contributed by atoms with Gasteiger partial charge in [-0.3, -0.25) is 0 Å². The summed E-state index contributed by atoms with van der Waals surface area (Å²) in [6.07, 6.45) is -1.82. The molecule has 0 aromatic heterocycles. The second-order valence-corrected chi connectivity index (χ2v) is 4.05. The van der Waals surface area contributed by atoms with E-state index < -0.39 is 11.7 Å². The van der Waals surface area contributed by atoms with Crippen LogP contribution in [0.2, 0.25) is 0 Å². The van der Waals surface area contributed by atoms with Crippen molar-refractivity contribution >= 4 is 11.6 Å². The Balaban J connectivity index is 3.20. The van der Waals surface area contributed by atoms with Gasteiger partial charge in [0.1, 0.15) is 0 Å². The summed E-state index contributed by atoms with van der Waals surface area (Å²) >= 11 is 5.59. The van der Waals surface area contributed by atoms with Crippen LogP contribution in [0, 0.1) is 5.92 Å². The molecule has 0 spiro atoms. The van der Waals surface area contributed by atoms with Crippen molar-refractivity contribution in [3.05, 3.63) is 22.3 Å². The molecule has 0 heterocycles. The van der Waals surface area contributed by atoms with Crippen molar-refractivity contribution in [3.8, 4) is 0 Å². The maximum atomic E-state index is 12.6. The van der Waals surface area contributed by atoms with Gasteiger partial charge in [-0.05, 0) is 18.8 Å². The predicted octanol–water partition coefficient (Wildman–Crippen LogP) is 4.42. The minimum atomic E-state index is -4.33. The SMILES string of the molecule is CC(C)C1=C(C(F)(F)F)C(Cl)=CCC1. The molecule has 0 nitrogen and oxygen atoms in total. The Morgan fingerprint density at radius 2 is 1.93 bits per heavy atom. The van der Waals surface area contributed by atoms with Crippen LogP contribution in [0.1, 0.15) is 26.7 Å². The van der Waals surface area contributed by atoms with Crippen molar-refractivity contribution in [1.29, 1.82) is 0 Å². The molecular formula is C10H12ClF3. The van der Waals surface area contributed by atoms with Crippen LogP contribution >= 0.6 is 11.6 Å². The second kappa shape index (κ2) is 3.97. The zero-order valence-electron chi connectivity index (χ0n) is 8.08. The highest BCUT2D eigenvalue weighted by molar-refractivity contribution is 6.32. The molecule has 0 fully saturated rings. The van der Waals surface area contributed by atoms with Crippen molar-refractivity contribution in [2.24, 2.45) is 5.92 Å². The van der Waals surface area contributed by atoms with Crippen molar-refractivity contribution in [2.75, 3.05) is 0 Å². The van der Waals surface area contributed by atoms with Crippen LogP contribution in [-0.2, 0) is 0 Å². The highest BCUT2D eigenvalue weighted by atomic mass is 35.5. The Morgan fingerprint density at radius 1 is 1.36 bits per heavy atom. The van der Waals surface area contributed by atoms with Crippen LogP contribution < -0.4 is 0 Å². The van der Waals surface area contributed by atoms with Gasteiger partial charge in [0, 0.05) is 5.03 Å². The van der Waals surface area contributed by atoms with Gasteiger partial charge >= 0.3 is 6.18 Å². The smallest absolute Gasteiger partial charge is 0.166 e. The summed E-state index contributed by atoms with van der Waals surface area (Å²) in [4.78, 5) is 0. The first-order valence-electron chi connectivity index (χ1n) is 4.50. The molecule has 0 aromatic carbocycles. The Morgan fingerprint density at radius 3 is 2.29 bits per heavy atom. The average molecular weight is 225 g/mol. The Labute approximate surface area is 86.4 Å². The molecule has 0 bridgehead atoms. The average Bonchev–Trinajstić information content (AvgIpc) is 2.01. The lowest BCUT2D eigenvalue weighted by atomic mass is 9.89. The normalized spacial score (nSPS) is 18.9. The van der Waals surface area contributed by atoms with Crippen molar-refractivity contribution in [1.82, 2.24) is 0 Å². The number of allylic oxidation sites excluding steroid dienone is 4. The predicted molar refractivity (Wildman–Crippen MR) is 51.1 cm³/mol. The van der Waals surface area contributed by atoms with E-state index in [0.29, 0.717) is 18.4 Å². The maximum absolute atomic E-state index is 12.6. The molecule has 1 rings (SSSR count). The van der Waals surface area contributed by atoms with Crippen molar-refractivity contribution in [2.45, 2.75) is 32.9 Å². The van der Waals surface area contributed by atoms with E-state index in [1.54, 1.807) is 13.8 Å². The van der Waals surface area contributed by atoms with Gasteiger partial charge in [-0.25, -0.2) is 0 Å². The van der Waals surface area contributed by atoms with E-state index in [1.165, 1.54) is 6.08 Å². The van der Waals surface area contributed by atoms with E-state index in [2.05, 4.69) is 0 Å². The molecule has 1 aliphatic rings. The minimum absolute atomic E-state index is 0.103. The summed E-state index contributed by atoms with van der Waals surface area (Å²) in [6.45, 7) is 3.52. The molecule has 0 saturated carbocycles. The van der Waals surface area contributed by atoms with Crippen LogP contribution in [-0.4, -0.2) is 6.18 Å². The maximum Gasteiger partial charge on any atom is 0.417 e. The standard InChI is InChI=1S/C10H12ClF3/c1-6(2)7-4-3-5-8(11)9(7)10(12,13)14/h5-6H,3-4H2,1-2H3. The third kappa shape index (κ3) is 2.32. The van der Waals surface area contributed by atoms with E-state index >= 15 is 0 Å². The molecule has 0 saturated heterocycles. The van der Waals surface area contributed by atoms with Gasteiger partial charge in [0.05, 0.1) is 5.57 Å². The highest BCUT2D eigenvalue weighted by Gasteiger charge is 2.39. The van der Waals surface area contributed by atoms with Gasteiger partial charge in [0.25, 0.3) is 0 Å². The molecule has 0 aromatic rings. The van der Waals surface area contributed by atoms with Crippen LogP contribution in [0.4, 0.5) is 13.2 Å². The van der Waals surface area contributed by atoms with Crippen LogP contribution in [0.25, 0.3) is 0 Å². The lowest BCUT2D eigenvalue weighted by Gasteiger charge is -2.23. The van der Waals surface area contributed by atoms with Crippen LogP contribution in [0.5, 0.6) is 0 Å². The molecule has 4 heteroatoms. The lowest BCUT2D eigenvalue weighted by molar-refractivity contribution is -0.0902. The number of rotatable bonds is 1. The minimum Gasteiger partial charge on any atom is -0.166 e. The molecule has 0 amide bonds. The summed E-state index contributed by atoms with van der Waals surface area (Å²) in [5, 5.41) is -0.146. The molecule has 1 aliphatic carbocycles. The van der Waals surface area contributed by atoms with Crippen molar-refractivity contribution < 1.29 is 13.2 Å². The largest absolute Gasteiger partial charge is 0.417 e. The molecule has 0 radical (unpaired) electrons. The fourth-order valence-corrected chi connectivity index (χ4v) is 1.97. The van der Waals surface area contributed by atoms with Gasteiger partial charge in [-0.1, -0.05) is 37.1 Å². The summed E-state index contributed by atoms with van der Waals surface area (Å²) in [5.41, 5.74) is -0.203. The summed E-state index contributed by atoms with van der Waals surface area (Å²) < 4.78 is 37.9. The number of hydrogen-bond acceptors (Lipinski definition) is 0. The first kappa shape index (κ1) is 11.6. The molecule has 0 aliphatic heterocycles. The zero-order chi connectivity index (χ0) is 10.9. The number of halogens is 4. The molecule has 0 atom stereocenters. The Kier molecular flexibility index (Phi) is 3.30. The van der Waals surface area contributed by atoms with Crippen LogP contribution in [0.15, 0.2) is 22.3 Å². The number of alkyl halides is 3. The van der Waals surface area contributed by atoms with Crippen LogP contribution in [0.3, 0.4) is 0 Å². The van der Waals surface area contributed by atoms with E-state index in [4.69, 9.17) is 11.6 Å². The fraction of sp³-hybridized carbons (Fsp3) is 0.600. The van der Waals surface area contributed by atoms with Gasteiger partial charge in [-0.2, -0.15) is 13.2 Å². The molecule has 0 N–H and O–H groups in total. The quantitative estimate of drug-likeness (QED) is 0.619. The van der Waals surface area contributed by atoms with Gasteiger partial charge in [-0.15, -0.1) is 0 Å². The first-order valence-corrected chi connectivity index (χ1v) is 4.88. The van der Waals surface area contributed by atoms with E-state index in [-0.39, 0.29) is 11.0 Å². The topological polar surface area (TPSA) is 0 Å². The highest BCUT2D eigenvalue weighted by Crippen LogP contribution is 2.41. The van der Waals surface area contributed by atoms with Gasteiger partial charge in [0.15, 0.2) is 0 Å². The van der Waals surface area contributed by atoms with Gasteiger partial charge < -0.3 is 0 Å². The Hall–Kier alpha value is -0.440. The van der Waals surface area contributed by atoms with E-state index in [9.17, 15) is 13.2 Å². The van der Waals surface area contributed by atoms with Gasteiger partial charge in [0.2, 0.25) is 0 Å². The monoisotopic (exact) mass is 224 g/mol. The van der Waals surface area contributed by atoms with E-state index in [1.807, 2.05) is 0 Å². The second-order valence-electron chi connectivity index (χ2n) is 3.64. The van der Waals surface area contributed by atoms with E-state index in [0.717, 1.165) is 0 Å². The molecule has 80 valence electrons. The summed E-state index contributed by atoms with van der Waals surface area (Å²) in [6, 6.07) is 0. The lowest BCUT2D eigenvalue weighted by Crippen LogP contribution is -2.19. The zero-order valence-corrected chi connectivity index (χ0v) is 8.84. The molecule has 14 heavy (non-hydrogen) atoms. The third-order valence-corrected chi connectivity index (χ3v) is 2.62. The Bertz CT molecular complexity index is 284. The third-order valence-electron chi connectivity index (χ3n) is 2.28.